The quantitative estimate of drug-likeness (QED) is 0.775. The molecule has 0 saturated heterocycles. The molecule has 0 amide bonds. The predicted octanol–water partition coefficient (Wildman–Crippen LogP) is 3.60. The van der Waals surface area contributed by atoms with E-state index in [1.807, 2.05) is 6.07 Å². The zero-order valence-electron chi connectivity index (χ0n) is 14.5. The number of aliphatic hydroxyl groups excluding tert-OH is 1. The zero-order chi connectivity index (χ0) is 17.1. The van der Waals surface area contributed by atoms with Crippen LogP contribution in [0.5, 0.6) is 11.5 Å². The minimum atomic E-state index is -0.161. The Morgan fingerprint density at radius 1 is 1.29 bits per heavy atom. The highest BCUT2D eigenvalue weighted by atomic mass is 16.5. The normalized spacial score (nSPS) is 37.1. The minimum absolute atomic E-state index is 0.0655. The van der Waals surface area contributed by atoms with Crippen LogP contribution in [-0.4, -0.2) is 23.4 Å². The third kappa shape index (κ3) is 1.96. The second kappa shape index (κ2) is 5.43. The van der Waals surface area contributed by atoms with Crippen molar-refractivity contribution in [3.8, 4) is 23.8 Å². The van der Waals surface area contributed by atoms with E-state index >= 15 is 0 Å². The Labute approximate surface area is 144 Å². The highest BCUT2D eigenvalue weighted by Gasteiger charge is 2.54. The Hall–Kier alpha value is -1.66. The number of rotatable bonds is 1. The summed E-state index contributed by atoms with van der Waals surface area (Å²) in [6.45, 7) is 2.28. The number of fused-ring (bicyclic) bond motifs is 5. The molecule has 0 unspecified atom stereocenters. The summed E-state index contributed by atoms with van der Waals surface area (Å²) >= 11 is 0. The number of methoxy groups -OCH3 is 1. The Morgan fingerprint density at radius 2 is 2.08 bits per heavy atom. The Bertz CT molecular complexity index is 717. The van der Waals surface area contributed by atoms with Crippen molar-refractivity contribution in [1.29, 1.82) is 0 Å². The molecule has 0 spiro atoms. The molecule has 1 aromatic rings. The highest BCUT2D eigenvalue weighted by molar-refractivity contribution is 5.62. The Kier molecular flexibility index (Phi) is 3.58. The van der Waals surface area contributed by atoms with Gasteiger partial charge in [-0.15, -0.1) is 6.42 Å². The van der Waals surface area contributed by atoms with E-state index in [1.54, 1.807) is 7.11 Å². The third-order valence-corrected chi connectivity index (χ3v) is 7.24. The topological polar surface area (TPSA) is 49.7 Å². The highest BCUT2D eigenvalue weighted by Crippen LogP contribution is 2.61. The molecule has 0 aliphatic heterocycles. The van der Waals surface area contributed by atoms with Crippen LogP contribution in [0.15, 0.2) is 6.07 Å². The summed E-state index contributed by atoms with van der Waals surface area (Å²) in [6.07, 6.45) is 11.9. The van der Waals surface area contributed by atoms with Gasteiger partial charge in [0.1, 0.15) is 0 Å². The first-order valence-electron chi connectivity index (χ1n) is 9.08. The van der Waals surface area contributed by atoms with Gasteiger partial charge in [-0.3, -0.25) is 0 Å². The molecule has 3 aliphatic rings. The number of ether oxygens (including phenoxy) is 1. The zero-order valence-corrected chi connectivity index (χ0v) is 14.5. The van der Waals surface area contributed by atoms with Crippen LogP contribution < -0.4 is 4.74 Å². The van der Waals surface area contributed by atoms with Crippen LogP contribution in [0, 0.1) is 29.6 Å². The molecule has 24 heavy (non-hydrogen) atoms. The molecular formula is C21H26O3. The molecule has 3 nitrogen and oxygen atoms in total. The third-order valence-electron chi connectivity index (χ3n) is 7.24. The lowest BCUT2D eigenvalue weighted by Crippen LogP contribution is -2.44. The lowest BCUT2D eigenvalue weighted by atomic mass is 9.55. The van der Waals surface area contributed by atoms with Crippen LogP contribution in [0.3, 0.4) is 0 Å². The molecule has 1 aromatic carbocycles. The first kappa shape index (κ1) is 15.8. The molecule has 0 radical (unpaired) electrons. The number of hydrogen-bond acceptors (Lipinski definition) is 3. The predicted molar refractivity (Wildman–Crippen MR) is 93.2 cm³/mol. The maximum atomic E-state index is 10.5. The van der Waals surface area contributed by atoms with Crippen molar-refractivity contribution < 1.29 is 14.9 Å². The number of hydrogen-bond donors (Lipinski definition) is 2. The van der Waals surface area contributed by atoms with Crippen LogP contribution in [0.4, 0.5) is 0 Å². The van der Waals surface area contributed by atoms with E-state index in [9.17, 15) is 10.2 Å². The van der Waals surface area contributed by atoms with Gasteiger partial charge in [-0.25, -0.2) is 0 Å². The van der Waals surface area contributed by atoms with Gasteiger partial charge in [0.2, 0.25) is 0 Å². The number of terminal acetylenes is 1. The SMILES string of the molecule is C#Cc1c(OC)c(O)cc2c1[C@H]1CC[C@]3(C)[C@@H](O)CC[C@H]3[C@@H]1CC2. The molecule has 0 bridgehead atoms. The average molecular weight is 326 g/mol. The van der Waals surface area contributed by atoms with Crippen LogP contribution in [-0.2, 0) is 6.42 Å². The molecule has 4 rings (SSSR count). The minimum Gasteiger partial charge on any atom is -0.504 e. The van der Waals surface area contributed by atoms with E-state index in [4.69, 9.17) is 11.2 Å². The number of aryl methyl sites for hydroxylation is 1. The van der Waals surface area contributed by atoms with Crippen molar-refractivity contribution in [3.63, 3.8) is 0 Å². The number of phenolic OH excluding ortho intramolecular Hbond substituents is 1. The number of aromatic hydroxyl groups is 1. The molecule has 3 heteroatoms. The van der Waals surface area contributed by atoms with Gasteiger partial charge in [-0.2, -0.15) is 0 Å². The molecule has 0 heterocycles. The summed E-state index contributed by atoms with van der Waals surface area (Å²) in [5.41, 5.74) is 3.22. The van der Waals surface area contributed by atoms with Crippen LogP contribution in [0.2, 0.25) is 0 Å². The van der Waals surface area contributed by atoms with Crippen molar-refractivity contribution in [3.05, 3.63) is 22.8 Å². The number of aliphatic hydroxyl groups is 1. The van der Waals surface area contributed by atoms with Gasteiger partial charge in [0.25, 0.3) is 0 Å². The maximum absolute atomic E-state index is 10.5. The molecule has 0 aromatic heterocycles. The lowest BCUT2D eigenvalue weighted by Gasteiger charge is -2.50. The Morgan fingerprint density at radius 3 is 2.79 bits per heavy atom. The second-order valence-electron chi connectivity index (χ2n) is 8.07. The van der Waals surface area contributed by atoms with Crippen LogP contribution >= 0.6 is 0 Å². The van der Waals surface area contributed by atoms with Gasteiger partial charge in [-0.05, 0) is 78.9 Å². The van der Waals surface area contributed by atoms with Gasteiger partial charge < -0.3 is 14.9 Å². The number of phenols is 1. The van der Waals surface area contributed by atoms with Gasteiger partial charge >= 0.3 is 0 Å². The summed E-state index contributed by atoms with van der Waals surface area (Å²) in [5, 5.41) is 20.7. The van der Waals surface area contributed by atoms with Gasteiger partial charge in [-0.1, -0.05) is 12.8 Å². The van der Waals surface area contributed by atoms with Crippen molar-refractivity contribution in [2.75, 3.05) is 7.11 Å². The molecule has 2 saturated carbocycles. The molecule has 5 atom stereocenters. The smallest absolute Gasteiger partial charge is 0.176 e. The summed E-state index contributed by atoms with van der Waals surface area (Å²) in [6, 6.07) is 1.85. The van der Waals surface area contributed by atoms with Crippen molar-refractivity contribution in [2.24, 2.45) is 17.3 Å². The van der Waals surface area contributed by atoms with Crippen molar-refractivity contribution >= 4 is 0 Å². The molecule has 128 valence electrons. The van der Waals surface area contributed by atoms with E-state index in [0.29, 0.717) is 23.5 Å². The largest absolute Gasteiger partial charge is 0.504 e. The Balaban J connectivity index is 1.82. The maximum Gasteiger partial charge on any atom is 0.176 e. The number of benzene rings is 1. The van der Waals surface area contributed by atoms with Gasteiger partial charge in [0.15, 0.2) is 11.5 Å². The van der Waals surface area contributed by atoms with Crippen LogP contribution in [0.25, 0.3) is 0 Å². The first-order valence-corrected chi connectivity index (χ1v) is 9.08. The van der Waals surface area contributed by atoms with E-state index in [1.165, 1.54) is 11.1 Å². The lowest BCUT2D eigenvalue weighted by molar-refractivity contribution is -0.0226. The second-order valence-corrected chi connectivity index (χ2v) is 8.07. The first-order chi connectivity index (χ1) is 11.5. The van der Waals surface area contributed by atoms with Crippen molar-refractivity contribution in [2.45, 2.75) is 57.5 Å². The van der Waals surface area contributed by atoms with Crippen LogP contribution in [0.1, 0.15) is 61.6 Å². The molecule has 2 N–H and O–H groups in total. The fourth-order valence-corrected chi connectivity index (χ4v) is 6.04. The summed E-state index contributed by atoms with van der Waals surface area (Å²) in [4.78, 5) is 0. The van der Waals surface area contributed by atoms with Gasteiger partial charge in [0, 0.05) is 0 Å². The molecule has 3 aliphatic carbocycles. The average Bonchev–Trinajstić information content (AvgIpc) is 2.88. The van der Waals surface area contributed by atoms with E-state index in [0.717, 1.165) is 44.1 Å². The summed E-state index contributed by atoms with van der Waals surface area (Å²) in [7, 11) is 1.56. The van der Waals surface area contributed by atoms with Gasteiger partial charge in [0.05, 0.1) is 18.8 Å². The van der Waals surface area contributed by atoms with Crippen molar-refractivity contribution in [1.82, 2.24) is 0 Å². The standard InChI is InChI=1S/C21H26O3/c1-4-13-19-12(11-17(22)20(13)24-3)5-6-14-15(19)9-10-21(2)16(14)7-8-18(21)23/h1,11,14-16,18,22-23H,5-10H2,2-3H3/t14-,15+,16+,18+,21+/m1/s1. The van der Waals surface area contributed by atoms with E-state index in [2.05, 4.69) is 12.8 Å². The summed E-state index contributed by atoms with van der Waals surface area (Å²) in [5.74, 6) is 4.97. The summed E-state index contributed by atoms with van der Waals surface area (Å²) < 4.78 is 5.40. The van der Waals surface area contributed by atoms with E-state index in [-0.39, 0.29) is 17.3 Å². The fraction of sp³-hybridized carbons (Fsp3) is 0.619. The fourth-order valence-electron chi connectivity index (χ4n) is 6.04. The van der Waals surface area contributed by atoms with E-state index < -0.39 is 0 Å². The molecular weight excluding hydrogens is 300 g/mol. The molecule has 2 fully saturated rings. The monoisotopic (exact) mass is 326 g/mol.